The van der Waals surface area contributed by atoms with E-state index in [2.05, 4.69) is 17.3 Å². The molecule has 1 aliphatic heterocycles. The summed E-state index contributed by atoms with van der Waals surface area (Å²) in [6, 6.07) is 1.12. The summed E-state index contributed by atoms with van der Waals surface area (Å²) < 4.78 is 0. The van der Waals surface area contributed by atoms with Gasteiger partial charge in [0.15, 0.2) is 0 Å². The van der Waals surface area contributed by atoms with Crippen LogP contribution in [0.3, 0.4) is 0 Å². The molecule has 0 amide bonds. The minimum atomic E-state index is -0.152. The van der Waals surface area contributed by atoms with Crippen molar-refractivity contribution >= 4 is 0 Å². The molecule has 2 rings (SSSR count). The normalized spacial score (nSPS) is 38.5. The van der Waals surface area contributed by atoms with E-state index in [1.807, 2.05) is 0 Å². The molecule has 0 spiro atoms. The topological polar surface area (TPSA) is 35.5 Å². The molecule has 64 valence electrons. The van der Waals surface area contributed by atoms with Gasteiger partial charge >= 0.3 is 0 Å². The number of likely N-dealkylation sites (N-methyl/N-ethyl adjacent to an activating group) is 1. The van der Waals surface area contributed by atoms with Crippen LogP contribution < -0.4 is 5.32 Å². The molecule has 0 radical (unpaired) electrons. The molecule has 2 aliphatic rings. The third-order valence-corrected chi connectivity index (χ3v) is 2.80. The van der Waals surface area contributed by atoms with E-state index in [1.54, 1.807) is 0 Å². The van der Waals surface area contributed by atoms with Gasteiger partial charge in [-0.2, -0.15) is 0 Å². The van der Waals surface area contributed by atoms with Gasteiger partial charge in [0.25, 0.3) is 0 Å². The monoisotopic (exact) mass is 156 g/mol. The molecular weight excluding hydrogens is 140 g/mol. The highest BCUT2D eigenvalue weighted by Gasteiger charge is 2.36. The van der Waals surface area contributed by atoms with Gasteiger partial charge in [0.05, 0.1) is 6.10 Å². The van der Waals surface area contributed by atoms with Gasteiger partial charge in [0, 0.05) is 25.2 Å². The Morgan fingerprint density at radius 3 is 2.55 bits per heavy atom. The first-order valence-electron chi connectivity index (χ1n) is 4.40. The average molecular weight is 156 g/mol. The molecule has 0 aromatic carbocycles. The summed E-state index contributed by atoms with van der Waals surface area (Å²) in [6.45, 7) is 1.72. The average Bonchev–Trinajstić information content (AvgIpc) is 2.74. The Balaban J connectivity index is 1.91. The van der Waals surface area contributed by atoms with Crippen molar-refractivity contribution in [1.29, 1.82) is 0 Å². The van der Waals surface area contributed by atoms with Gasteiger partial charge in [0.2, 0.25) is 0 Å². The Hall–Kier alpha value is -0.120. The van der Waals surface area contributed by atoms with Gasteiger partial charge in [-0.1, -0.05) is 0 Å². The molecule has 2 N–H and O–H groups in total. The zero-order valence-corrected chi connectivity index (χ0v) is 6.95. The maximum atomic E-state index is 9.53. The van der Waals surface area contributed by atoms with Crippen LogP contribution in [0.1, 0.15) is 12.8 Å². The van der Waals surface area contributed by atoms with E-state index in [9.17, 15) is 5.11 Å². The van der Waals surface area contributed by atoms with Crippen molar-refractivity contribution in [3.8, 4) is 0 Å². The predicted molar refractivity (Wildman–Crippen MR) is 43.4 cm³/mol. The van der Waals surface area contributed by atoms with Crippen LogP contribution in [0.15, 0.2) is 0 Å². The maximum absolute atomic E-state index is 9.53. The standard InChI is InChI=1S/C8H16N2O/c1-10(6-2-3-6)7-4-9-5-8(7)11/h6-9,11H,2-5H2,1H3/t7-,8-/m1/s1. The van der Waals surface area contributed by atoms with Gasteiger partial charge < -0.3 is 10.4 Å². The van der Waals surface area contributed by atoms with Crippen LogP contribution in [0.5, 0.6) is 0 Å². The zero-order valence-electron chi connectivity index (χ0n) is 6.95. The highest BCUT2D eigenvalue weighted by Crippen LogP contribution is 2.28. The van der Waals surface area contributed by atoms with E-state index < -0.39 is 0 Å². The van der Waals surface area contributed by atoms with E-state index in [0.717, 1.165) is 19.1 Å². The van der Waals surface area contributed by atoms with Crippen molar-refractivity contribution in [1.82, 2.24) is 10.2 Å². The van der Waals surface area contributed by atoms with E-state index in [0.29, 0.717) is 6.04 Å². The Kier molecular flexibility index (Phi) is 1.87. The molecule has 0 bridgehead atoms. The van der Waals surface area contributed by atoms with Crippen molar-refractivity contribution in [2.24, 2.45) is 0 Å². The number of aliphatic hydroxyl groups is 1. The predicted octanol–water partition coefficient (Wildman–Crippen LogP) is -0.587. The van der Waals surface area contributed by atoms with E-state index in [1.165, 1.54) is 12.8 Å². The number of aliphatic hydroxyl groups excluding tert-OH is 1. The van der Waals surface area contributed by atoms with Crippen LogP contribution in [-0.2, 0) is 0 Å². The smallest absolute Gasteiger partial charge is 0.0831 e. The highest BCUT2D eigenvalue weighted by molar-refractivity contribution is 4.94. The Morgan fingerprint density at radius 1 is 1.36 bits per heavy atom. The van der Waals surface area contributed by atoms with E-state index in [-0.39, 0.29) is 6.10 Å². The molecule has 2 fully saturated rings. The van der Waals surface area contributed by atoms with Crippen molar-refractivity contribution in [3.05, 3.63) is 0 Å². The minimum absolute atomic E-state index is 0.152. The lowest BCUT2D eigenvalue weighted by Gasteiger charge is -2.25. The Labute approximate surface area is 67.4 Å². The molecule has 3 nitrogen and oxygen atoms in total. The SMILES string of the molecule is CN(C1CC1)[C@@H]1CNC[C@H]1O. The maximum Gasteiger partial charge on any atom is 0.0831 e. The van der Waals surface area contributed by atoms with Gasteiger partial charge in [-0.3, -0.25) is 4.90 Å². The van der Waals surface area contributed by atoms with Gasteiger partial charge in [-0.15, -0.1) is 0 Å². The fourth-order valence-corrected chi connectivity index (χ4v) is 1.82. The van der Waals surface area contributed by atoms with Crippen molar-refractivity contribution in [2.75, 3.05) is 20.1 Å². The van der Waals surface area contributed by atoms with Gasteiger partial charge in [-0.05, 0) is 19.9 Å². The minimum Gasteiger partial charge on any atom is -0.390 e. The zero-order chi connectivity index (χ0) is 7.84. The second kappa shape index (κ2) is 2.73. The third kappa shape index (κ3) is 1.41. The molecule has 0 aromatic heterocycles. The van der Waals surface area contributed by atoms with Crippen LogP contribution in [0, 0.1) is 0 Å². The number of nitrogens with one attached hydrogen (secondary N) is 1. The highest BCUT2D eigenvalue weighted by atomic mass is 16.3. The molecule has 0 aromatic rings. The molecule has 1 aliphatic carbocycles. The first-order valence-corrected chi connectivity index (χ1v) is 4.40. The second-order valence-electron chi connectivity index (χ2n) is 3.69. The largest absolute Gasteiger partial charge is 0.390 e. The van der Waals surface area contributed by atoms with Crippen molar-refractivity contribution in [2.45, 2.75) is 31.0 Å². The number of nitrogens with zero attached hydrogens (tertiary/aromatic N) is 1. The lowest BCUT2D eigenvalue weighted by molar-refractivity contribution is 0.0952. The molecule has 1 heterocycles. The molecule has 0 unspecified atom stereocenters. The third-order valence-electron chi connectivity index (χ3n) is 2.80. The first-order chi connectivity index (χ1) is 5.29. The summed E-state index contributed by atoms with van der Waals surface area (Å²) in [5, 5.41) is 12.7. The second-order valence-corrected chi connectivity index (χ2v) is 3.69. The molecule has 11 heavy (non-hydrogen) atoms. The molecule has 2 atom stereocenters. The number of β-amino-alcohol motifs (C(OH)–C–C–N with tert-alkyl or cyclic N) is 1. The summed E-state index contributed by atoms with van der Waals surface area (Å²) in [5.74, 6) is 0. The fourth-order valence-electron chi connectivity index (χ4n) is 1.82. The number of rotatable bonds is 2. The Bertz CT molecular complexity index is 147. The summed E-state index contributed by atoms with van der Waals surface area (Å²) in [6.07, 6.45) is 2.49. The molecular formula is C8H16N2O. The van der Waals surface area contributed by atoms with Crippen LogP contribution in [-0.4, -0.2) is 48.3 Å². The van der Waals surface area contributed by atoms with Crippen molar-refractivity contribution in [3.63, 3.8) is 0 Å². The summed E-state index contributed by atoms with van der Waals surface area (Å²) >= 11 is 0. The van der Waals surface area contributed by atoms with Gasteiger partial charge in [0.1, 0.15) is 0 Å². The van der Waals surface area contributed by atoms with Crippen LogP contribution in [0.25, 0.3) is 0 Å². The van der Waals surface area contributed by atoms with Crippen LogP contribution in [0.4, 0.5) is 0 Å². The van der Waals surface area contributed by atoms with Crippen molar-refractivity contribution < 1.29 is 5.11 Å². The quantitative estimate of drug-likeness (QED) is 0.561. The van der Waals surface area contributed by atoms with E-state index in [4.69, 9.17) is 0 Å². The molecule has 1 saturated heterocycles. The van der Waals surface area contributed by atoms with Gasteiger partial charge in [-0.25, -0.2) is 0 Å². The fraction of sp³-hybridized carbons (Fsp3) is 1.00. The first kappa shape index (κ1) is 7.53. The Morgan fingerprint density at radius 2 is 2.09 bits per heavy atom. The van der Waals surface area contributed by atoms with Crippen LogP contribution >= 0.6 is 0 Å². The summed E-state index contributed by atoms with van der Waals surface area (Å²) in [4.78, 5) is 2.32. The number of hydrogen-bond donors (Lipinski definition) is 2. The molecule has 1 saturated carbocycles. The summed E-state index contributed by atoms with van der Waals surface area (Å²) in [5.41, 5.74) is 0. The lowest BCUT2D eigenvalue weighted by atomic mass is 10.2. The summed E-state index contributed by atoms with van der Waals surface area (Å²) in [7, 11) is 2.12. The van der Waals surface area contributed by atoms with Crippen LogP contribution in [0.2, 0.25) is 0 Å². The molecule has 3 heteroatoms. The van der Waals surface area contributed by atoms with E-state index >= 15 is 0 Å². The lowest BCUT2D eigenvalue weighted by Crippen LogP contribution is -2.41. The number of hydrogen-bond acceptors (Lipinski definition) is 3.